The minimum Gasteiger partial charge on any atom is -0.316 e. The molecule has 1 unspecified atom stereocenters. The van der Waals surface area contributed by atoms with Gasteiger partial charge in [-0.05, 0) is 11.8 Å². The van der Waals surface area contributed by atoms with Crippen molar-refractivity contribution in [2.45, 2.75) is 12.2 Å². The lowest BCUT2D eigenvalue weighted by Gasteiger charge is -2.11. The molecule has 0 aromatic heterocycles. The Kier molecular flexibility index (Phi) is 4.75. The van der Waals surface area contributed by atoms with E-state index in [1.165, 1.54) is 0 Å². The van der Waals surface area contributed by atoms with Gasteiger partial charge in [0.25, 0.3) is 0 Å². The molecular formula is C6H12NO2PS3. The summed E-state index contributed by atoms with van der Waals surface area (Å²) in [6, 6.07) is 0. The van der Waals surface area contributed by atoms with E-state index in [9.17, 15) is 0 Å². The summed E-state index contributed by atoms with van der Waals surface area (Å²) in [5.74, 6) is 1.09. The zero-order valence-electron chi connectivity index (χ0n) is 7.72. The number of thioether (sulfide) groups is 2. The number of hydrogen-bond donors (Lipinski definition) is 0. The molecule has 1 aliphatic rings. The second kappa shape index (κ2) is 5.14. The predicted octanol–water partition coefficient (Wildman–Crippen LogP) is 2.73. The Labute approximate surface area is 92.3 Å². The maximum Gasteiger partial charge on any atom is 0.309 e. The minimum absolute atomic E-state index is 0.612. The summed E-state index contributed by atoms with van der Waals surface area (Å²) in [6.07, 6.45) is 0. The first-order valence-electron chi connectivity index (χ1n) is 3.71. The Balaban J connectivity index is 2.69. The van der Waals surface area contributed by atoms with E-state index in [0.717, 1.165) is 10.1 Å². The van der Waals surface area contributed by atoms with Crippen LogP contribution < -0.4 is 0 Å². The van der Waals surface area contributed by atoms with Crippen molar-refractivity contribution in [2.75, 3.05) is 20.0 Å². The molecule has 7 heteroatoms. The van der Waals surface area contributed by atoms with Crippen LogP contribution in [0.1, 0.15) is 6.92 Å². The predicted molar refractivity (Wildman–Crippen MR) is 65.2 cm³/mol. The van der Waals surface area contributed by atoms with E-state index < -0.39 is 6.64 Å². The summed E-state index contributed by atoms with van der Waals surface area (Å²) in [5.41, 5.74) is 0. The molecule has 0 aromatic rings. The third-order valence-corrected chi connectivity index (χ3v) is 6.91. The molecule has 13 heavy (non-hydrogen) atoms. The lowest BCUT2D eigenvalue weighted by Crippen LogP contribution is -1.90. The molecule has 0 N–H and O–H groups in total. The molecule has 1 saturated heterocycles. The molecule has 0 spiro atoms. The van der Waals surface area contributed by atoms with Crippen molar-refractivity contribution in [3.63, 3.8) is 0 Å². The maximum atomic E-state index is 5.13. The van der Waals surface area contributed by atoms with Crippen LogP contribution in [0.25, 0.3) is 0 Å². The van der Waals surface area contributed by atoms with Crippen LogP contribution in [0.5, 0.6) is 0 Å². The van der Waals surface area contributed by atoms with E-state index in [1.807, 2.05) is 0 Å². The van der Waals surface area contributed by atoms with Crippen LogP contribution in [-0.2, 0) is 20.9 Å². The van der Waals surface area contributed by atoms with Crippen molar-refractivity contribution in [1.82, 2.24) is 0 Å². The Morgan fingerprint density at radius 3 is 2.54 bits per heavy atom. The fraction of sp³-hybridized carbons (Fsp3) is 0.833. The quantitative estimate of drug-likeness (QED) is 0.726. The third kappa shape index (κ3) is 3.53. The highest BCUT2D eigenvalue weighted by Crippen LogP contribution is 2.51. The first kappa shape index (κ1) is 12.0. The summed E-state index contributed by atoms with van der Waals surface area (Å²) >= 11 is 8.59. The molecule has 1 atom stereocenters. The van der Waals surface area contributed by atoms with Crippen LogP contribution in [0.2, 0.25) is 0 Å². The standard InChI is InChI=1S/C6H12NO2PS3/c1-5-4-12-6(13-5)7-10(11,8-2)9-3/h5H,4H2,1-3H3/b7-6+. The first-order chi connectivity index (χ1) is 6.09. The van der Waals surface area contributed by atoms with E-state index in [0.29, 0.717) is 5.25 Å². The van der Waals surface area contributed by atoms with Crippen LogP contribution in [0.4, 0.5) is 0 Å². The Bertz CT molecular complexity index is 250. The van der Waals surface area contributed by atoms with E-state index in [2.05, 4.69) is 11.7 Å². The lowest BCUT2D eigenvalue weighted by molar-refractivity contribution is 0.339. The van der Waals surface area contributed by atoms with Crippen molar-refractivity contribution in [3.8, 4) is 0 Å². The van der Waals surface area contributed by atoms with Gasteiger partial charge in [0.15, 0.2) is 0 Å². The molecule has 0 saturated carbocycles. The molecule has 0 bridgehead atoms. The van der Waals surface area contributed by atoms with Crippen LogP contribution in [0.3, 0.4) is 0 Å². The Morgan fingerprint density at radius 2 is 2.15 bits per heavy atom. The Morgan fingerprint density at radius 1 is 1.54 bits per heavy atom. The molecule has 0 amide bonds. The summed E-state index contributed by atoms with van der Waals surface area (Å²) in [4.78, 5) is 0. The van der Waals surface area contributed by atoms with Gasteiger partial charge >= 0.3 is 6.64 Å². The maximum absolute atomic E-state index is 5.13. The zero-order chi connectivity index (χ0) is 9.90. The van der Waals surface area contributed by atoms with Gasteiger partial charge in [0.2, 0.25) is 0 Å². The van der Waals surface area contributed by atoms with Crippen molar-refractivity contribution < 1.29 is 9.05 Å². The molecule has 0 aromatic carbocycles. The fourth-order valence-corrected chi connectivity index (χ4v) is 5.04. The van der Waals surface area contributed by atoms with Gasteiger partial charge in [-0.15, -0.1) is 0 Å². The first-order valence-corrected chi connectivity index (χ1v) is 8.16. The van der Waals surface area contributed by atoms with Crippen molar-refractivity contribution >= 4 is 46.3 Å². The van der Waals surface area contributed by atoms with Crippen LogP contribution in [0, 0.1) is 0 Å². The SMILES string of the molecule is COP(=S)(/N=C1\SCC(C)S1)OC. The van der Waals surface area contributed by atoms with Crippen LogP contribution in [-0.4, -0.2) is 29.6 Å². The summed E-state index contributed by atoms with van der Waals surface area (Å²) in [7, 11) is 3.09. The normalized spacial score (nSPS) is 27.0. The molecule has 1 fully saturated rings. The Hall–Kier alpha value is 0.940. The average Bonchev–Trinajstić information content (AvgIpc) is 2.51. The molecule has 1 rings (SSSR count). The molecular weight excluding hydrogens is 245 g/mol. The van der Waals surface area contributed by atoms with E-state index >= 15 is 0 Å². The van der Waals surface area contributed by atoms with Crippen molar-refractivity contribution in [2.24, 2.45) is 4.76 Å². The smallest absolute Gasteiger partial charge is 0.309 e. The van der Waals surface area contributed by atoms with Crippen molar-refractivity contribution in [1.29, 1.82) is 0 Å². The van der Waals surface area contributed by atoms with Crippen LogP contribution >= 0.6 is 30.2 Å². The highest BCUT2D eigenvalue weighted by Gasteiger charge is 2.22. The van der Waals surface area contributed by atoms with Gasteiger partial charge < -0.3 is 9.05 Å². The number of rotatable bonds is 3. The van der Waals surface area contributed by atoms with Gasteiger partial charge in [-0.2, -0.15) is 4.76 Å². The van der Waals surface area contributed by atoms with Gasteiger partial charge in [0.1, 0.15) is 4.38 Å². The fourth-order valence-electron chi connectivity index (χ4n) is 0.737. The number of nitrogens with zero attached hydrogens (tertiary/aromatic N) is 1. The van der Waals surface area contributed by atoms with Gasteiger partial charge in [0.05, 0.1) is 0 Å². The minimum atomic E-state index is -2.38. The average molecular weight is 257 g/mol. The second-order valence-electron chi connectivity index (χ2n) is 2.44. The monoisotopic (exact) mass is 257 g/mol. The van der Waals surface area contributed by atoms with Gasteiger partial charge in [-0.3, -0.25) is 0 Å². The molecule has 1 heterocycles. The van der Waals surface area contributed by atoms with Gasteiger partial charge in [0, 0.05) is 25.2 Å². The largest absolute Gasteiger partial charge is 0.316 e. The molecule has 3 nitrogen and oxygen atoms in total. The van der Waals surface area contributed by atoms with E-state index in [1.54, 1.807) is 37.7 Å². The zero-order valence-corrected chi connectivity index (χ0v) is 11.1. The van der Waals surface area contributed by atoms with Crippen molar-refractivity contribution in [3.05, 3.63) is 0 Å². The highest BCUT2D eigenvalue weighted by molar-refractivity contribution is 8.42. The molecule has 0 aliphatic carbocycles. The number of hydrogen-bond acceptors (Lipinski definition) is 5. The molecule has 0 radical (unpaired) electrons. The van der Waals surface area contributed by atoms with Crippen LogP contribution in [0.15, 0.2) is 4.76 Å². The van der Waals surface area contributed by atoms with E-state index in [4.69, 9.17) is 20.9 Å². The summed E-state index contributed by atoms with van der Waals surface area (Å²) < 4.78 is 15.5. The molecule has 1 aliphatic heterocycles. The lowest BCUT2D eigenvalue weighted by atomic mass is 10.6. The summed E-state index contributed by atoms with van der Waals surface area (Å²) in [5, 5.41) is 0.612. The second-order valence-corrected chi connectivity index (χ2v) is 8.39. The third-order valence-electron chi connectivity index (χ3n) is 1.41. The molecule has 76 valence electrons. The summed E-state index contributed by atoms with van der Waals surface area (Å²) in [6.45, 7) is -0.207. The van der Waals surface area contributed by atoms with Gasteiger partial charge in [-0.1, -0.05) is 30.4 Å². The van der Waals surface area contributed by atoms with Gasteiger partial charge in [-0.25, -0.2) is 0 Å². The highest BCUT2D eigenvalue weighted by atomic mass is 32.5. The van der Waals surface area contributed by atoms with E-state index in [-0.39, 0.29) is 0 Å². The topological polar surface area (TPSA) is 30.8 Å².